The van der Waals surface area contributed by atoms with Crippen molar-refractivity contribution >= 4 is 0 Å². The Hall–Kier alpha value is -1.05. The molecular formula is C19H29FO. The van der Waals surface area contributed by atoms with E-state index in [0.717, 1.165) is 30.2 Å². The second kappa shape index (κ2) is 8.41. The summed E-state index contributed by atoms with van der Waals surface area (Å²) in [7, 11) is 0. The molecule has 1 aromatic carbocycles. The predicted octanol–water partition coefficient (Wildman–Crippen LogP) is 5.76. The van der Waals surface area contributed by atoms with Crippen LogP contribution in [0, 0.1) is 17.7 Å². The van der Waals surface area contributed by atoms with E-state index in [1.807, 2.05) is 19.1 Å². The van der Waals surface area contributed by atoms with Crippen molar-refractivity contribution in [2.75, 3.05) is 6.61 Å². The van der Waals surface area contributed by atoms with Crippen LogP contribution < -0.4 is 4.74 Å². The molecule has 0 bridgehead atoms. The molecule has 1 saturated carbocycles. The first kappa shape index (κ1) is 16.3. The lowest BCUT2D eigenvalue weighted by atomic mass is 9.78. The van der Waals surface area contributed by atoms with E-state index >= 15 is 0 Å². The van der Waals surface area contributed by atoms with Crippen LogP contribution in [-0.4, -0.2) is 6.61 Å². The van der Waals surface area contributed by atoms with Crippen molar-refractivity contribution in [1.29, 1.82) is 0 Å². The van der Waals surface area contributed by atoms with Crippen LogP contribution in [0.1, 0.15) is 64.4 Å². The monoisotopic (exact) mass is 292 g/mol. The summed E-state index contributed by atoms with van der Waals surface area (Å²) in [6.07, 6.45) is 10.1. The smallest absolute Gasteiger partial charge is 0.130 e. The highest BCUT2D eigenvalue weighted by Gasteiger charge is 2.20. The first-order chi connectivity index (χ1) is 10.2. The zero-order valence-electron chi connectivity index (χ0n) is 13.5. The van der Waals surface area contributed by atoms with E-state index in [1.54, 1.807) is 0 Å². The second-order valence-electron chi connectivity index (χ2n) is 6.40. The van der Waals surface area contributed by atoms with Gasteiger partial charge in [0.1, 0.15) is 11.6 Å². The highest BCUT2D eigenvalue weighted by Crippen LogP contribution is 2.34. The maximum Gasteiger partial charge on any atom is 0.130 e. The Bertz CT molecular complexity index is 422. The SMILES string of the molecule is CCCC1CCC(CCc2ccc(OCC)cc2F)CC1. The minimum atomic E-state index is -0.111. The fraction of sp³-hybridized carbons (Fsp3) is 0.684. The van der Waals surface area contributed by atoms with Crippen molar-refractivity contribution < 1.29 is 9.13 Å². The number of rotatable bonds is 7. The highest BCUT2D eigenvalue weighted by molar-refractivity contribution is 5.29. The van der Waals surface area contributed by atoms with Gasteiger partial charge in [-0.05, 0) is 43.2 Å². The summed E-state index contributed by atoms with van der Waals surface area (Å²) < 4.78 is 19.3. The van der Waals surface area contributed by atoms with Crippen LogP contribution in [0.15, 0.2) is 18.2 Å². The van der Waals surface area contributed by atoms with Crippen molar-refractivity contribution in [3.05, 3.63) is 29.6 Å². The number of benzene rings is 1. The van der Waals surface area contributed by atoms with Gasteiger partial charge in [0.2, 0.25) is 0 Å². The van der Waals surface area contributed by atoms with E-state index in [4.69, 9.17) is 4.74 Å². The third kappa shape index (κ3) is 5.01. The summed E-state index contributed by atoms with van der Waals surface area (Å²) in [5, 5.41) is 0. The van der Waals surface area contributed by atoms with Crippen molar-refractivity contribution in [3.63, 3.8) is 0 Å². The third-order valence-electron chi connectivity index (χ3n) is 4.82. The molecule has 1 nitrogen and oxygen atoms in total. The fourth-order valence-electron chi connectivity index (χ4n) is 3.56. The molecule has 0 saturated heterocycles. The van der Waals surface area contributed by atoms with Crippen LogP contribution in [0.5, 0.6) is 5.75 Å². The number of ether oxygens (including phenoxy) is 1. The standard InChI is InChI=1S/C19H29FO/c1-3-5-15-6-8-16(9-7-15)10-11-17-12-13-18(21-4-2)14-19(17)20/h12-16H,3-11H2,1-2H3. The number of halogens is 1. The molecule has 0 aliphatic heterocycles. The quantitative estimate of drug-likeness (QED) is 0.620. The van der Waals surface area contributed by atoms with E-state index in [9.17, 15) is 4.39 Å². The van der Waals surface area contributed by atoms with Gasteiger partial charge in [0.05, 0.1) is 6.61 Å². The third-order valence-corrected chi connectivity index (χ3v) is 4.82. The molecule has 118 valence electrons. The van der Waals surface area contributed by atoms with Gasteiger partial charge in [-0.3, -0.25) is 0 Å². The van der Waals surface area contributed by atoms with E-state index < -0.39 is 0 Å². The predicted molar refractivity (Wildman–Crippen MR) is 86.2 cm³/mol. The van der Waals surface area contributed by atoms with Crippen molar-refractivity contribution in [1.82, 2.24) is 0 Å². The maximum absolute atomic E-state index is 14.0. The summed E-state index contributed by atoms with van der Waals surface area (Å²) in [6, 6.07) is 5.31. The molecule has 0 amide bonds. The fourth-order valence-corrected chi connectivity index (χ4v) is 3.56. The lowest BCUT2D eigenvalue weighted by Crippen LogP contribution is -2.15. The Morgan fingerprint density at radius 2 is 1.71 bits per heavy atom. The molecule has 0 spiro atoms. The molecule has 0 heterocycles. The molecule has 1 aliphatic carbocycles. The Balaban J connectivity index is 1.78. The normalized spacial score (nSPS) is 22.2. The molecule has 0 atom stereocenters. The average molecular weight is 292 g/mol. The topological polar surface area (TPSA) is 9.23 Å². The molecule has 0 unspecified atom stereocenters. The lowest BCUT2D eigenvalue weighted by Gasteiger charge is -2.28. The van der Waals surface area contributed by atoms with Gasteiger partial charge in [0, 0.05) is 6.07 Å². The lowest BCUT2D eigenvalue weighted by molar-refractivity contribution is 0.252. The van der Waals surface area contributed by atoms with Crippen LogP contribution in [-0.2, 0) is 6.42 Å². The van der Waals surface area contributed by atoms with Gasteiger partial charge in [-0.2, -0.15) is 0 Å². The van der Waals surface area contributed by atoms with Gasteiger partial charge in [-0.25, -0.2) is 4.39 Å². The molecule has 21 heavy (non-hydrogen) atoms. The highest BCUT2D eigenvalue weighted by atomic mass is 19.1. The van der Waals surface area contributed by atoms with Crippen LogP contribution in [0.2, 0.25) is 0 Å². The molecular weight excluding hydrogens is 263 g/mol. The number of aryl methyl sites for hydroxylation is 1. The first-order valence-corrected chi connectivity index (χ1v) is 8.64. The number of hydrogen-bond acceptors (Lipinski definition) is 1. The van der Waals surface area contributed by atoms with Crippen LogP contribution in [0.3, 0.4) is 0 Å². The van der Waals surface area contributed by atoms with Gasteiger partial charge in [-0.15, -0.1) is 0 Å². The maximum atomic E-state index is 14.0. The number of hydrogen-bond donors (Lipinski definition) is 0. The molecule has 2 rings (SSSR count). The second-order valence-corrected chi connectivity index (χ2v) is 6.40. The molecule has 2 heteroatoms. The van der Waals surface area contributed by atoms with Crippen molar-refractivity contribution in [2.24, 2.45) is 11.8 Å². The van der Waals surface area contributed by atoms with E-state index in [1.165, 1.54) is 44.6 Å². The summed E-state index contributed by atoms with van der Waals surface area (Å²) in [5.41, 5.74) is 0.842. The van der Waals surface area contributed by atoms with Crippen LogP contribution >= 0.6 is 0 Å². The first-order valence-electron chi connectivity index (χ1n) is 8.64. The molecule has 0 aromatic heterocycles. The molecule has 0 N–H and O–H groups in total. The molecule has 1 aromatic rings. The molecule has 0 radical (unpaired) electrons. The Kier molecular flexibility index (Phi) is 6.53. The summed E-state index contributed by atoms with van der Waals surface area (Å²) >= 11 is 0. The zero-order valence-corrected chi connectivity index (χ0v) is 13.5. The van der Waals surface area contributed by atoms with E-state index in [2.05, 4.69) is 6.92 Å². The van der Waals surface area contributed by atoms with Crippen LogP contribution in [0.25, 0.3) is 0 Å². The van der Waals surface area contributed by atoms with Gasteiger partial charge in [0.25, 0.3) is 0 Å². The molecule has 1 aliphatic rings. The van der Waals surface area contributed by atoms with Gasteiger partial charge >= 0.3 is 0 Å². The summed E-state index contributed by atoms with van der Waals surface area (Å²) in [5.74, 6) is 2.27. The van der Waals surface area contributed by atoms with E-state index in [-0.39, 0.29) is 5.82 Å². The van der Waals surface area contributed by atoms with Gasteiger partial charge in [0.15, 0.2) is 0 Å². The Morgan fingerprint density at radius 3 is 2.29 bits per heavy atom. The van der Waals surface area contributed by atoms with Gasteiger partial charge < -0.3 is 4.74 Å². The zero-order chi connectivity index (χ0) is 15.1. The van der Waals surface area contributed by atoms with E-state index in [0.29, 0.717) is 12.4 Å². The van der Waals surface area contributed by atoms with Crippen molar-refractivity contribution in [3.8, 4) is 5.75 Å². The largest absolute Gasteiger partial charge is 0.494 e. The summed E-state index contributed by atoms with van der Waals surface area (Å²) in [4.78, 5) is 0. The Morgan fingerprint density at radius 1 is 1.05 bits per heavy atom. The Labute approximate surface area is 128 Å². The minimum Gasteiger partial charge on any atom is -0.494 e. The van der Waals surface area contributed by atoms with Gasteiger partial charge in [-0.1, -0.05) is 51.5 Å². The minimum absolute atomic E-state index is 0.111. The summed E-state index contributed by atoms with van der Waals surface area (Å²) in [6.45, 7) is 4.78. The average Bonchev–Trinajstić information content (AvgIpc) is 2.49. The van der Waals surface area contributed by atoms with Crippen LogP contribution in [0.4, 0.5) is 4.39 Å². The molecule has 1 fully saturated rings. The van der Waals surface area contributed by atoms with Crippen molar-refractivity contribution in [2.45, 2.75) is 65.2 Å².